The number of carbonyl (C=O) groups excluding carboxylic acids is 2. The highest BCUT2D eigenvalue weighted by Gasteiger charge is 2.33. The maximum Gasteiger partial charge on any atom is 0.257 e. The normalized spacial score (nSPS) is 15.1. The molecule has 172 valence electrons. The van der Waals surface area contributed by atoms with Crippen LogP contribution in [0.4, 0.5) is 4.39 Å². The molecule has 7 heteroatoms. The molecule has 1 aliphatic rings. The van der Waals surface area contributed by atoms with Crippen LogP contribution in [0.15, 0.2) is 66.0 Å². The van der Waals surface area contributed by atoms with Gasteiger partial charge >= 0.3 is 0 Å². The lowest BCUT2D eigenvalue weighted by molar-refractivity contribution is -0.135. The highest BCUT2D eigenvalue weighted by molar-refractivity contribution is 7.10. The van der Waals surface area contributed by atoms with Crippen molar-refractivity contribution >= 4 is 23.2 Å². The van der Waals surface area contributed by atoms with Crippen molar-refractivity contribution in [2.45, 2.75) is 25.8 Å². The number of para-hydroxylation sites is 1. The molecular weight excluding hydrogens is 439 g/mol. The number of amides is 2. The van der Waals surface area contributed by atoms with Gasteiger partial charge in [-0.15, -0.1) is 11.3 Å². The Morgan fingerprint density at radius 2 is 1.88 bits per heavy atom. The fraction of sp³-hybridized carbons (Fsp3) is 0.308. The monoisotopic (exact) mass is 466 g/mol. The minimum atomic E-state index is -0.578. The molecule has 4 rings (SSSR count). The number of carbonyl (C=O) groups is 2. The van der Waals surface area contributed by atoms with E-state index in [9.17, 15) is 14.0 Å². The van der Waals surface area contributed by atoms with Crippen LogP contribution in [0.1, 0.15) is 40.2 Å². The number of fused-ring (bicyclic) bond motifs is 1. The van der Waals surface area contributed by atoms with Crippen molar-refractivity contribution in [2.24, 2.45) is 0 Å². The lowest BCUT2D eigenvalue weighted by Crippen LogP contribution is -2.48. The first-order valence-corrected chi connectivity index (χ1v) is 12.0. The van der Waals surface area contributed by atoms with Gasteiger partial charge in [0.05, 0.1) is 11.6 Å². The van der Waals surface area contributed by atoms with E-state index >= 15 is 0 Å². The molecule has 1 aromatic heterocycles. The Balaban J connectivity index is 1.52. The summed E-state index contributed by atoms with van der Waals surface area (Å²) in [6.07, 6.45) is 1.44. The Hall–Kier alpha value is -3.19. The molecule has 3 aromatic rings. The zero-order chi connectivity index (χ0) is 23.2. The number of hydrogen-bond donors (Lipinski definition) is 0. The molecule has 33 heavy (non-hydrogen) atoms. The number of thiophene rings is 1. The van der Waals surface area contributed by atoms with Crippen LogP contribution < -0.4 is 4.74 Å². The van der Waals surface area contributed by atoms with E-state index in [4.69, 9.17) is 4.74 Å². The Morgan fingerprint density at radius 1 is 1.12 bits per heavy atom. The van der Waals surface area contributed by atoms with Gasteiger partial charge in [-0.1, -0.05) is 37.3 Å². The van der Waals surface area contributed by atoms with Crippen molar-refractivity contribution in [1.29, 1.82) is 0 Å². The lowest BCUT2D eigenvalue weighted by atomic mass is 10.0. The van der Waals surface area contributed by atoms with E-state index in [1.807, 2.05) is 48.7 Å². The van der Waals surface area contributed by atoms with Crippen molar-refractivity contribution in [3.8, 4) is 5.75 Å². The Morgan fingerprint density at radius 3 is 2.64 bits per heavy atom. The standard InChI is InChI=1S/C26H27FN2O3S/c1-2-14-28(26(31)20-10-6-7-11-22(20)27)17-25(30)29-15-12-24-21(13-16-33-24)23(29)18-32-19-8-4-3-5-9-19/h3-11,13,16,23H,2,12,14-15,17-18H2,1H3/t23-/m1/s1. The molecule has 2 amide bonds. The Labute approximate surface area is 197 Å². The number of nitrogens with zero attached hydrogens (tertiary/aromatic N) is 2. The van der Waals surface area contributed by atoms with Gasteiger partial charge in [0.25, 0.3) is 5.91 Å². The van der Waals surface area contributed by atoms with E-state index in [0.29, 0.717) is 26.1 Å². The first-order valence-electron chi connectivity index (χ1n) is 11.2. The van der Waals surface area contributed by atoms with Gasteiger partial charge in [-0.3, -0.25) is 9.59 Å². The predicted molar refractivity (Wildman–Crippen MR) is 127 cm³/mol. The van der Waals surface area contributed by atoms with Gasteiger partial charge in [0.2, 0.25) is 5.91 Å². The van der Waals surface area contributed by atoms with Crippen LogP contribution in [-0.2, 0) is 11.2 Å². The zero-order valence-corrected chi connectivity index (χ0v) is 19.4. The summed E-state index contributed by atoms with van der Waals surface area (Å²) < 4.78 is 20.2. The van der Waals surface area contributed by atoms with Crippen LogP contribution in [0.5, 0.6) is 5.75 Å². The molecule has 0 fully saturated rings. The van der Waals surface area contributed by atoms with Gasteiger partial charge in [0.1, 0.15) is 24.7 Å². The maximum atomic E-state index is 14.2. The predicted octanol–water partition coefficient (Wildman–Crippen LogP) is 4.94. The topological polar surface area (TPSA) is 49.9 Å². The molecule has 0 aliphatic carbocycles. The van der Waals surface area contributed by atoms with E-state index in [1.165, 1.54) is 21.9 Å². The first kappa shape index (κ1) is 23.0. The van der Waals surface area contributed by atoms with Gasteiger partial charge in [-0.25, -0.2) is 4.39 Å². The molecule has 0 unspecified atom stereocenters. The minimum Gasteiger partial charge on any atom is -0.491 e. The van der Waals surface area contributed by atoms with Gasteiger partial charge in [-0.2, -0.15) is 0 Å². The molecule has 2 aromatic carbocycles. The quantitative estimate of drug-likeness (QED) is 0.472. The molecule has 0 spiro atoms. The average Bonchev–Trinajstić information content (AvgIpc) is 3.32. The molecule has 0 N–H and O–H groups in total. The second-order valence-electron chi connectivity index (χ2n) is 7.98. The molecule has 0 bridgehead atoms. The van der Waals surface area contributed by atoms with Crippen molar-refractivity contribution in [2.75, 3.05) is 26.2 Å². The average molecular weight is 467 g/mol. The van der Waals surface area contributed by atoms with Crippen LogP contribution in [0.3, 0.4) is 0 Å². The van der Waals surface area contributed by atoms with Gasteiger partial charge in [0, 0.05) is 18.0 Å². The number of ether oxygens (including phenoxy) is 1. The molecule has 5 nitrogen and oxygen atoms in total. The van der Waals surface area contributed by atoms with E-state index in [-0.39, 0.29) is 24.1 Å². The zero-order valence-electron chi connectivity index (χ0n) is 18.6. The summed E-state index contributed by atoms with van der Waals surface area (Å²) in [6, 6.07) is 17.2. The number of benzene rings is 2. The van der Waals surface area contributed by atoms with Crippen molar-refractivity contribution < 1.29 is 18.7 Å². The third-order valence-corrected chi connectivity index (χ3v) is 6.77. The summed E-state index contributed by atoms with van der Waals surface area (Å²) in [7, 11) is 0. The fourth-order valence-electron chi connectivity index (χ4n) is 4.15. The third kappa shape index (κ3) is 5.25. The highest BCUT2D eigenvalue weighted by Crippen LogP contribution is 2.34. The molecule has 2 heterocycles. The van der Waals surface area contributed by atoms with Gasteiger partial charge in [-0.05, 0) is 54.1 Å². The molecule has 1 atom stereocenters. The summed E-state index contributed by atoms with van der Waals surface area (Å²) >= 11 is 1.69. The van der Waals surface area contributed by atoms with Crippen LogP contribution in [0.25, 0.3) is 0 Å². The van der Waals surface area contributed by atoms with Crippen molar-refractivity contribution in [3.05, 3.63) is 87.9 Å². The van der Waals surface area contributed by atoms with Crippen LogP contribution in [0, 0.1) is 5.82 Å². The summed E-state index contributed by atoms with van der Waals surface area (Å²) in [5, 5.41) is 2.04. The third-order valence-electron chi connectivity index (χ3n) is 5.78. The first-order chi connectivity index (χ1) is 16.1. The smallest absolute Gasteiger partial charge is 0.257 e. The summed E-state index contributed by atoms with van der Waals surface area (Å²) in [4.78, 5) is 31.0. The maximum absolute atomic E-state index is 14.2. The number of rotatable bonds is 8. The number of hydrogen-bond acceptors (Lipinski definition) is 4. The highest BCUT2D eigenvalue weighted by atomic mass is 32.1. The fourth-order valence-corrected chi connectivity index (χ4v) is 5.08. The van der Waals surface area contributed by atoms with Crippen LogP contribution >= 0.6 is 11.3 Å². The molecule has 0 saturated carbocycles. The van der Waals surface area contributed by atoms with Crippen LogP contribution in [0.2, 0.25) is 0 Å². The molecular formula is C26H27FN2O3S. The summed E-state index contributed by atoms with van der Waals surface area (Å²) in [5.41, 5.74) is 1.08. The van der Waals surface area contributed by atoms with Crippen LogP contribution in [-0.4, -0.2) is 47.9 Å². The lowest BCUT2D eigenvalue weighted by Gasteiger charge is -2.37. The summed E-state index contributed by atoms with van der Waals surface area (Å²) in [5.74, 6) is -0.457. The molecule has 0 saturated heterocycles. The van der Waals surface area contributed by atoms with E-state index in [0.717, 1.165) is 17.7 Å². The largest absolute Gasteiger partial charge is 0.491 e. The second-order valence-corrected chi connectivity index (χ2v) is 8.98. The number of halogens is 1. The Kier molecular flexibility index (Phi) is 7.40. The van der Waals surface area contributed by atoms with Gasteiger partial charge in [0.15, 0.2) is 0 Å². The van der Waals surface area contributed by atoms with E-state index < -0.39 is 11.7 Å². The molecule has 0 radical (unpaired) electrons. The van der Waals surface area contributed by atoms with Crippen molar-refractivity contribution in [3.63, 3.8) is 0 Å². The minimum absolute atomic E-state index is 0.0125. The van der Waals surface area contributed by atoms with Crippen molar-refractivity contribution in [1.82, 2.24) is 9.80 Å². The van der Waals surface area contributed by atoms with E-state index in [1.54, 1.807) is 28.4 Å². The molecule has 1 aliphatic heterocycles. The van der Waals surface area contributed by atoms with Gasteiger partial charge < -0.3 is 14.5 Å². The van der Waals surface area contributed by atoms with E-state index in [2.05, 4.69) is 0 Å². The SMILES string of the molecule is CCCN(CC(=O)N1CCc2sccc2[C@H]1COc1ccccc1)C(=O)c1ccccc1F. The Bertz CT molecular complexity index is 1100. The second kappa shape index (κ2) is 10.6. The summed E-state index contributed by atoms with van der Waals surface area (Å²) in [6.45, 7) is 3.10.